The van der Waals surface area contributed by atoms with Gasteiger partial charge in [0, 0.05) is 19.1 Å². The number of piperidine rings is 1. The number of carbonyl (C=O) groups excluding carboxylic acids is 1. The van der Waals surface area contributed by atoms with Gasteiger partial charge in [0.05, 0.1) is 0 Å². The van der Waals surface area contributed by atoms with Gasteiger partial charge in [-0.2, -0.15) is 0 Å². The fraction of sp³-hybridized carbons (Fsp3) is 0.588. The third-order valence-corrected chi connectivity index (χ3v) is 4.87. The Hall–Kier alpha value is -1.55. The molecule has 4 heteroatoms. The van der Waals surface area contributed by atoms with Crippen LogP contribution in [0.1, 0.15) is 24.8 Å². The van der Waals surface area contributed by atoms with Crippen molar-refractivity contribution in [3.8, 4) is 0 Å². The summed E-state index contributed by atoms with van der Waals surface area (Å²) in [6.07, 6.45) is 3.56. The molecule has 1 N–H and O–H groups in total. The Labute approximate surface area is 126 Å². The molecule has 21 heavy (non-hydrogen) atoms. The van der Waals surface area contributed by atoms with Gasteiger partial charge in [-0.1, -0.05) is 36.8 Å². The van der Waals surface area contributed by atoms with Crippen molar-refractivity contribution >= 4 is 6.09 Å². The van der Waals surface area contributed by atoms with Crippen LogP contribution < -0.4 is 5.32 Å². The Morgan fingerprint density at radius 3 is 2.52 bits per heavy atom. The second-order valence-electron chi connectivity index (χ2n) is 6.21. The molecule has 0 radical (unpaired) electrons. The molecule has 0 spiro atoms. The van der Waals surface area contributed by atoms with Crippen LogP contribution in [0.3, 0.4) is 0 Å². The van der Waals surface area contributed by atoms with Crippen molar-refractivity contribution in [1.82, 2.24) is 10.2 Å². The van der Waals surface area contributed by atoms with Crippen LogP contribution in [-0.2, 0) is 11.3 Å². The number of ether oxygens (including phenoxy) is 1. The summed E-state index contributed by atoms with van der Waals surface area (Å²) in [6, 6.07) is 10.4. The molecule has 3 rings (SSSR count). The molecule has 4 nitrogen and oxygen atoms in total. The zero-order chi connectivity index (χ0) is 14.7. The van der Waals surface area contributed by atoms with Crippen molar-refractivity contribution in [1.29, 1.82) is 0 Å². The molecular formula is C17H24N2O2. The van der Waals surface area contributed by atoms with E-state index in [2.05, 4.69) is 5.32 Å². The Morgan fingerprint density at radius 2 is 1.90 bits per heavy atom. The number of amides is 1. The van der Waals surface area contributed by atoms with E-state index in [1.807, 2.05) is 42.3 Å². The lowest BCUT2D eigenvalue weighted by atomic mass is 9.73. The number of fused-ring (bicyclic) bond motifs is 2. The quantitative estimate of drug-likeness (QED) is 0.929. The van der Waals surface area contributed by atoms with Crippen molar-refractivity contribution in [2.45, 2.75) is 31.9 Å². The van der Waals surface area contributed by atoms with E-state index >= 15 is 0 Å². The molecule has 1 aliphatic heterocycles. The Morgan fingerprint density at radius 1 is 1.24 bits per heavy atom. The van der Waals surface area contributed by atoms with Crippen molar-refractivity contribution < 1.29 is 9.53 Å². The van der Waals surface area contributed by atoms with Gasteiger partial charge >= 0.3 is 6.09 Å². The monoisotopic (exact) mass is 288 g/mol. The molecular weight excluding hydrogens is 264 g/mol. The maximum atomic E-state index is 12.3. The van der Waals surface area contributed by atoms with Gasteiger partial charge in [-0.15, -0.1) is 0 Å². The predicted molar refractivity (Wildman–Crippen MR) is 81.9 cm³/mol. The van der Waals surface area contributed by atoms with Gasteiger partial charge in [-0.3, -0.25) is 0 Å². The number of nitrogens with one attached hydrogen (secondary N) is 1. The van der Waals surface area contributed by atoms with Gasteiger partial charge in [0.25, 0.3) is 0 Å². The van der Waals surface area contributed by atoms with Crippen LogP contribution in [0.2, 0.25) is 0 Å². The molecule has 2 atom stereocenters. The van der Waals surface area contributed by atoms with E-state index in [-0.39, 0.29) is 6.09 Å². The van der Waals surface area contributed by atoms with Gasteiger partial charge in [-0.05, 0) is 37.3 Å². The zero-order valence-electron chi connectivity index (χ0n) is 12.6. The third kappa shape index (κ3) is 3.21. The average molecular weight is 288 g/mol. The van der Waals surface area contributed by atoms with Gasteiger partial charge in [0.1, 0.15) is 6.61 Å². The van der Waals surface area contributed by atoms with Crippen LogP contribution in [0.5, 0.6) is 0 Å². The first-order chi connectivity index (χ1) is 10.3. The fourth-order valence-corrected chi connectivity index (χ4v) is 3.87. The minimum atomic E-state index is -0.162. The van der Waals surface area contributed by atoms with Crippen LogP contribution in [0.15, 0.2) is 30.3 Å². The van der Waals surface area contributed by atoms with Gasteiger partial charge in [0.2, 0.25) is 0 Å². The Kier molecular flexibility index (Phi) is 4.44. The second kappa shape index (κ2) is 6.48. The maximum Gasteiger partial charge on any atom is 0.410 e. The SMILES string of the molecule is CNC1C2CCCC1CN(C(=O)OCc1ccccc1)C2. The second-order valence-corrected chi connectivity index (χ2v) is 6.21. The summed E-state index contributed by atoms with van der Waals surface area (Å²) in [6.45, 7) is 2.02. The normalized spacial score (nSPS) is 28.2. The van der Waals surface area contributed by atoms with Crippen molar-refractivity contribution in [3.05, 3.63) is 35.9 Å². The third-order valence-electron chi connectivity index (χ3n) is 4.87. The molecule has 1 heterocycles. The summed E-state index contributed by atoms with van der Waals surface area (Å²) in [5.41, 5.74) is 1.04. The molecule has 1 aromatic carbocycles. The highest BCUT2D eigenvalue weighted by molar-refractivity contribution is 5.67. The summed E-state index contributed by atoms with van der Waals surface area (Å²) in [7, 11) is 2.04. The van der Waals surface area contributed by atoms with Crippen LogP contribution >= 0.6 is 0 Å². The summed E-state index contributed by atoms with van der Waals surface area (Å²) >= 11 is 0. The largest absolute Gasteiger partial charge is 0.445 e. The number of hydrogen-bond donors (Lipinski definition) is 1. The minimum absolute atomic E-state index is 0.162. The minimum Gasteiger partial charge on any atom is -0.445 e. The molecule has 1 saturated heterocycles. The maximum absolute atomic E-state index is 12.3. The van der Waals surface area contributed by atoms with Crippen molar-refractivity contribution in [3.63, 3.8) is 0 Å². The molecule has 2 aliphatic rings. The van der Waals surface area contributed by atoms with E-state index in [1.165, 1.54) is 19.3 Å². The molecule has 1 amide bonds. The van der Waals surface area contributed by atoms with Crippen LogP contribution in [0.25, 0.3) is 0 Å². The predicted octanol–water partition coefficient (Wildman–Crippen LogP) is 2.64. The molecule has 2 unspecified atom stereocenters. The first-order valence-electron chi connectivity index (χ1n) is 7.91. The molecule has 114 valence electrons. The van der Waals surface area contributed by atoms with E-state index in [0.29, 0.717) is 24.5 Å². The van der Waals surface area contributed by atoms with E-state index in [0.717, 1.165) is 18.7 Å². The first-order valence-corrected chi connectivity index (χ1v) is 7.91. The number of rotatable bonds is 3. The lowest BCUT2D eigenvalue weighted by Crippen LogP contribution is -2.57. The fourth-order valence-electron chi connectivity index (χ4n) is 3.87. The number of nitrogens with zero attached hydrogens (tertiary/aromatic N) is 1. The molecule has 1 saturated carbocycles. The van der Waals surface area contributed by atoms with E-state index in [1.54, 1.807) is 0 Å². The van der Waals surface area contributed by atoms with Gasteiger partial charge in [0.15, 0.2) is 0 Å². The molecule has 1 aromatic rings. The molecule has 2 fully saturated rings. The van der Waals surface area contributed by atoms with Crippen molar-refractivity contribution in [2.24, 2.45) is 11.8 Å². The van der Waals surface area contributed by atoms with E-state index in [4.69, 9.17) is 4.74 Å². The lowest BCUT2D eigenvalue weighted by molar-refractivity contribution is 0.0315. The molecule has 1 aliphatic carbocycles. The summed E-state index contributed by atoms with van der Waals surface area (Å²) in [5, 5.41) is 3.44. The summed E-state index contributed by atoms with van der Waals surface area (Å²) in [4.78, 5) is 14.2. The number of carbonyl (C=O) groups is 1. The topological polar surface area (TPSA) is 41.6 Å². The smallest absolute Gasteiger partial charge is 0.410 e. The first kappa shape index (κ1) is 14.4. The number of benzene rings is 1. The standard InChI is InChI=1S/C17H24N2O2/c1-18-16-14-8-5-9-15(16)11-19(10-14)17(20)21-12-13-6-3-2-4-7-13/h2-4,6-7,14-16,18H,5,8-12H2,1H3. The average Bonchev–Trinajstić information content (AvgIpc) is 2.52. The van der Waals surface area contributed by atoms with Crippen LogP contribution in [-0.4, -0.2) is 37.2 Å². The summed E-state index contributed by atoms with van der Waals surface area (Å²) in [5.74, 6) is 1.15. The Balaban J connectivity index is 1.56. The van der Waals surface area contributed by atoms with E-state index < -0.39 is 0 Å². The van der Waals surface area contributed by atoms with Gasteiger partial charge < -0.3 is 15.0 Å². The molecule has 0 aromatic heterocycles. The highest BCUT2D eigenvalue weighted by Gasteiger charge is 2.40. The summed E-state index contributed by atoms with van der Waals surface area (Å²) < 4.78 is 5.47. The highest BCUT2D eigenvalue weighted by atomic mass is 16.6. The molecule has 2 bridgehead atoms. The van der Waals surface area contributed by atoms with Crippen LogP contribution in [0, 0.1) is 11.8 Å². The number of hydrogen-bond acceptors (Lipinski definition) is 3. The lowest BCUT2D eigenvalue weighted by Gasteiger charge is -2.46. The van der Waals surface area contributed by atoms with E-state index in [9.17, 15) is 4.79 Å². The zero-order valence-corrected chi connectivity index (χ0v) is 12.6. The number of likely N-dealkylation sites (tertiary alicyclic amines) is 1. The van der Waals surface area contributed by atoms with Crippen molar-refractivity contribution in [2.75, 3.05) is 20.1 Å². The highest BCUT2D eigenvalue weighted by Crippen LogP contribution is 2.34. The van der Waals surface area contributed by atoms with Crippen LogP contribution in [0.4, 0.5) is 4.79 Å². The van der Waals surface area contributed by atoms with Gasteiger partial charge in [-0.25, -0.2) is 4.79 Å². The Bertz CT molecular complexity index is 463.